The number of ether oxygens (including phenoxy) is 1. The number of halogens is 1. The van der Waals surface area contributed by atoms with Crippen molar-refractivity contribution in [1.82, 2.24) is 19.7 Å². The van der Waals surface area contributed by atoms with Gasteiger partial charge in [0, 0.05) is 30.0 Å². The Hall–Kier alpha value is -3.46. The Morgan fingerprint density at radius 2 is 1.86 bits per heavy atom. The van der Waals surface area contributed by atoms with Gasteiger partial charge in [0.05, 0.1) is 19.2 Å². The van der Waals surface area contributed by atoms with Gasteiger partial charge in [-0.2, -0.15) is 5.10 Å². The second-order valence-corrected chi connectivity index (χ2v) is 6.33. The van der Waals surface area contributed by atoms with Gasteiger partial charge in [0.1, 0.15) is 5.82 Å². The minimum absolute atomic E-state index is 0.0793. The zero-order chi connectivity index (χ0) is 20.5. The minimum atomic E-state index is -0.506. The number of carbonyl (C=O) groups excluding carboxylic acids is 2. The molecule has 2 aromatic heterocycles. The first-order valence-corrected chi connectivity index (χ1v) is 9.21. The van der Waals surface area contributed by atoms with Crippen LogP contribution in [-0.4, -0.2) is 44.8 Å². The standard InChI is InChI=1S/C19H19ClN6O3/c20-15-5-2-1-4-14(15)12-26-16(6-11-24-26)25-17(27)13-29-18(28)7-10-23-19-21-8-3-9-22-19/h1-6,8-9,11H,7,10,12-13H2,(H,25,27)(H,21,22,23). The summed E-state index contributed by atoms with van der Waals surface area (Å²) in [7, 11) is 0. The van der Waals surface area contributed by atoms with Crippen molar-refractivity contribution in [3.8, 4) is 0 Å². The molecule has 1 aromatic carbocycles. The predicted molar refractivity (Wildman–Crippen MR) is 108 cm³/mol. The van der Waals surface area contributed by atoms with Crippen LogP contribution in [0.15, 0.2) is 55.0 Å². The fourth-order valence-electron chi connectivity index (χ4n) is 2.42. The van der Waals surface area contributed by atoms with Crippen LogP contribution in [0.2, 0.25) is 5.02 Å². The van der Waals surface area contributed by atoms with Crippen molar-refractivity contribution in [2.45, 2.75) is 13.0 Å². The predicted octanol–water partition coefficient (Wildman–Crippen LogP) is 2.36. The van der Waals surface area contributed by atoms with Gasteiger partial charge < -0.3 is 15.4 Å². The Bertz CT molecular complexity index is 963. The fourth-order valence-corrected chi connectivity index (χ4v) is 2.61. The monoisotopic (exact) mass is 414 g/mol. The summed E-state index contributed by atoms with van der Waals surface area (Å²) in [5, 5.41) is 10.4. The maximum atomic E-state index is 12.1. The molecule has 0 radical (unpaired) electrons. The molecule has 3 rings (SSSR count). The molecule has 0 atom stereocenters. The summed E-state index contributed by atoms with van der Waals surface area (Å²) in [5.74, 6) is -0.0644. The molecule has 0 unspecified atom stereocenters. The first-order chi connectivity index (χ1) is 14.1. The summed E-state index contributed by atoms with van der Waals surface area (Å²) >= 11 is 6.17. The summed E-state index contributed by atoms with van der Waals surface area (Å²) in [4.78, 5) is 31.8. The summed E-state index contributed by atoms with van der Waals surface area (Å²) in [6.07, 6.45) is 4.83. The van der Waals surface area contributed by atoms with Crippen LogP contribution >= 0.6 is 11.6 Å². The Morgan fingerprint density at radius 3 is 2.66 bits per heavy atom. The molecule has 0 bridgehead atoms. The fraction of sp³-hybridized carbons (Fsp3) is 0.211. The van der Waals surface area contributed by atoms with Gasteiger partial charge >= 0.3 is 5.97 Å². The number of nitrogens with one attached hydrogen (secondary N) is 2. The molecule has 150 valence electrons. The quantitative estimate of drug-likeness (QED) is 0.517. The van der Waals surface area contributed by atoms with Crippen LogP contribution in [-0.2, 0) is 20.9 Å². The van der Waals surface area contributed by atoms with Crippen molar-refractivity contribution in [1.29, 1.82) is 0 Å². The molecule has 2 heterocycles. The van der Waals surface area contributed by atoms with E-state index in [4.69, 9.17) is 16.3 Å². The lowest BCUT2D eigenvalue weighted by atomic mass is 10.2. The molecule has 0 spiro atoms. The maximum Gasteiger partial charge on any atom is 0.308 e. The highest BCUT2D eigenvalue weighted by Crippen LogP contribution is 2.18. The van der Waals surface area contributed by atoms with E-state index in [1.807, 2.05) is 18.2 Å². The second-order valence-electron chi connectivity index (χ2n) is 5.92. The van der Waals surface area contributed by atoms with E-state index in [1.54, 1.807) is 41.5 Å². The zero-order valence-electron chi connectivity index (χ0n) is 15.4. The summed E-state index contributed by atoms with van der Waals surface area (Å²) in [6.45, 7) is 0.308. The first-order valence-electron chi connectivity index (χ1n) is 8.83. The normalized spacial score (nSPS) is 10.4. The number of hydrogen-bond donors (Lipinski definition) is 2. The molecule has 2 N–H and O–H groups in total. The molecule has 9 nitrogen and oxygen atoms in total. The highest BCUT2D eigenvalue weighted by molar-refractivity contribution is 6.31. The number of hydrogen-bond acceptors (Lipinski definition) is 7. The molecule has 0 aliphatic heterocycles. The first kappa shape index (κ1) is 20.3. The SMILES string of the molecule is O=C(COC(=O)CCNc1ncccn1)Nc1ccnn1Cc1ccccc1Cl. The Labute approximate surface area is 172 Å². The van der Waals surface area contributed by atoms with Gasteiger partial charge in [-0.15, -0.1) is 0 Å². The molecular weight excluding hydrogens is 396 g/mol. The van der Waals surface area contributed by atoms with Gasteiger partial charge in [-0.25, -0.2) is 14.6 Å². The van der Waals surface area contributed by atoms with E-state index < -0.39 is 18.5 Å². The molecule has 0 saturated carbocycles. The second kappa shape index (κ2) is 10.2. The Kier molecular flexibility index (Phi) is 7.12. The topological polar surface area (TPSA) is 111 Å². The smallest absolute Gasteiger partial charge is 0.308 e. The third kappa shape index (κ3) is 6.28. The molecule has 29 heavy (non-hydrogen) atoms. The van der Waals surface area contributed by atoms with E-state index in [0.717, 1.165) is 5.56 Å². The lowest BCUT2D eigenvalue weighted by Crippen LogP contribution is -2.23. The number of carbonyl (C=O) groups is 2. The van der Waals surface area contributed by atoms with Gasteiger partial charge in [0.15, 0.2) is 6.61 Å². The van der Waals surface area contributed by atoms with Gasteiger partial charge in [-0.3, -0.25) is 9.59 Å². The molecule has 0 fully saturated rings. The van der Waals surface area contributed by atoms with E-state index in [-0.39, 0.29) is 6.42 Å². The van der Waals surface area contributed by atoms with Crippen LogP contribution in [0.1, 0.15) is 12.0 Å². The van der Waals surface area contributed by atoms with Gasteiger partial charge in [-0.05, 0) is 17.7 Å². The number of nitrogens with zero attached hydrogens (tertiary/aromatic N) is 4. The van der Waals surface area contributed by atoms with Gasteiger partial charge in [0.2, 0.25) is 5.95 Å². The summed E-state index contributed by atoms with van der Waals surface area (Å²) < 4.78 is 6.59. The van der Waals surface area contributed by atoms with Gasteiger partial charge in [0.25, 0.3) is 5.91 Å². The van der Waals surface area contributed by atoms with E-state index in [0.29, 0.717) is 29.9 Å². The number of rotatable bonds is 9. The molecule has 10 heteroatoms. The van der Waals surface area contributed by atoms with E-state index in [9.17, 15) is 9.59 Å². The number of aromatic nitrogens is 4. The largest absolute Gasteiger partial charge is 0.456 e. The summed E-state index contributed by atoms with van der Waals surface area (Å²) in [5.41, 5.74) is 0.870. The van der Waals surface area contributed by atoms with Crippen LogP contribution in [0.25, 0.3) is 0 Å². The van der Waals surface area contributed by atoms with E-state index >= 15 is 0 Å². The molecular formula is C19H19ClN6O3. The van der Waals surface area contributed by atoms with Crippen molar-refractivity contribution in [3.63, 3.8) is 0 Å². The third-order valence-electron chi connectivity index (χ3n) is 3.80. The van der Waals surface area contributed by atoms with Crippen molar-refractivity contribution in [2.24, 2.45) is 0 Å². The third-order valence-corrected chi connectivity index (χ3v) is 4.17. The van der Waals surface area contributed by atoms with Crippen molar-refractivity contribution < 1.29 is 14.3 Å². The van der Waals surface area contributed by atoms with Crippen LogP contribution < -0.4 is 10.6 Å². The Morgan fingerprint density at radius 1 is 1.07 bits per heavy atom. The number of amides is 1. The zero-order valence-corrected chi connectivity index (χ0v) is 16.2. The highest BCUT2D eigenvalue weighted by atomic mass is 35.5. The van der Waals surface area contributed by atoms with E-state index in [1.165, 1.54) is 0 Å². The molecule has 0 aliphatic carbocycles. The van der Waals surface area contributed by atoms with Gasteiger partial charge in [-0.1, -0.05) is 29.8 Å². The van der Waals surface area contributed by atoms with E-state index in [2.05, 4.69) is 25.7 Å². The van der Waals surface area contributed by atoms with Crippen molar-refractivity contribution in [2.75, 3.05) is 23.8 Å². The summed E-state index contributed by atoms with van der Waals surface area (Å²) in [6, 6.07) is 10.7. The lowest BCUT2D eigenvalue weighted by molar-refractivity contribution is -0.147. The van der Waals surface area contributed by atoms with Crippen LogP contribution in [0.3, 0.4) is 0 Å². The highest BCUT2D eigenvalue weighted by Gasteiger charge is 2.11. The minimum Gasteiger partial charge on any atom is -0.456 e. The molecule has 0 aliphatic rings. The van der Waals surface area contributed by atoms with Crippen molar-refractivity contribution in [3.05, 3.63) is 65.6 Å². The maximum absolute atomic E-state index is 12.1. The number of anilines is 2. The Balaban J connectivity index is 1.42. The van der Waals surface area contributed by atoms with Crippen molar-refractivity contribution >= 4 is 35.2 Å². The average Bonchev–Trinajstić information content (AvgIpc) is 3.15. The number of esters is 1. The molecule has 1 amide bonds. The van der Waals surface area contributed by atoms with Crippen LogP contribution in [0.5, 0.6) is 0 Å². The number of benzene rings is 1. The van der Waals surface area contributed by atoms with Crippen LogP contribution in [0, 0.1) is 0 Å². The molecule has 0 saturated heterocycles. The molecule has 3 aromatic rings. The average molecular weight is 415 g/mol. The van der Waals surface area contributed by atoms with Crippen LogP contribution in [0.4, 0.5) is 11.8 Å². The lowest BCUT2D eigenvalue weighted by Gasteiger charge is -2.10.